The van der Waals surface area contributed by atoms with Crippen LogP contribution in [0.5, 0.6) is 0 Å². The zero-order valence-electron chi connectivity index (χ0n) is 14.9. The molecule has 0 radical (unpaired) electrons. The molecule has 1 N–H and O–H groups in total. The van der Waals surface area contributed by atoms with Crippen LogP contribution in [-0.4, -0.2) is 15.7 Å². The number of nitrogens with one attached hydrogen (secondary N) is 1. The third kappa shape index (κ3) is 4.80. The van der Waals surface area contributed by atoms with Gasteiger partial charge in [0.1, 0.15) is 0 Å². The Bertz CT molecular complexity index is 843. The monoisotopic (exact) mass is 349 g/mol. The summed E-state index contributed by atoms with van der Waals surface area (Å²) in [5, 5.41) is 7.09. The summed E-state index contributed by atoms with van der Waals surface area (Å²) in [5.74, 6) is -0.121. The summed E-state index contributed by atoms with van der Waals surface area (Å²) >= 11 is 0. The van der Waals surface area contributed by atoms with E-state index in [-0.39, 0.29) is 5.91 Å². The highest BCUT2D eigenvalue weighted by atomic mass is 16.5. The van der Waals surface area contributed by atoms with E-state index in [4.69, 9.17) is 4.74 Å². The lowest BCUT2D eigenvalue weighted by Crippen LogP contribution is -2.23. The van der Waals surface area contributed by atoms with Gasteiger partial charge in [0.2, 0.25) is 0 Å². The molecule has 0 aliphatic carbocycles. The molecule has 0 bridgehead atoms. The molecule has 3 rings (SSSR count). The quantitative estimate of drug-likeness (QED) is 0.677. The second kappa shape index (κ2) is 8.97. The Balaban J connectivity index is 1.55. The van der Waals surface area contributed by atoms with Crippen molar-refractivity contribution in [2.75, 3.05) is 0 Å². The number of rotatable bonds is 8. The van der Waals surface area contributed by atoms with Gasteiger partial charge in [0, 0.05) is 19.3 Å². The van der Waals surface area contributed by atoms with Crippen LogP contribution in [0.2, 0.25) is 0 Å². The summed E-state index contributed by atoms with van der Waals surface area (Å²) in [4.78, 5) is 12.3. The maximum Gasteiger partial charge on any atom is 0.254 e. The molecule has 0 atom stereocenters. The first kappa shape index (κ1) is 17.9. The van der Waals surface area contributed by atoms with Gasteiger partial charge >= 0.3 is 0 Å². The first-order valence-corrected chi connectivity index (χ1v) is 8.75. The van der Waals surface area contributed by atoms with Crippen molar-refractivity contribution in [3.8, 4) is 0 Å². The Labute approximate surface area is 153 Å². The van der Waals surface area contributed by atoms with Crippen LogP contribution in [0.1, 0.15) is 34.0 Å². The Morgan fingerprint density at radius 3 is 2.50 bits per heavy atom. The van der Waals surface area contributed by atoms with E-state index < -0.39 is 0 Å². The molecule has 0 spiro atoms. The molecule has 26 heavy (non-hydrogen) atoms. The number of aryl methyl sites for hydroxylation is 1. The van der Waals surface area contributed by atoms with Crippen molar-refractivity contribution in [2.24, 2.45) is 0 Å². The summed E-state index contributed by atoms with van der Waals surface area (Å²) in [6.45, 7) is 4.27. The predicted molar refractivity (Wildman–Crippen MR) is 100 cm³/mol. The van der Waals surface area contributed by atoms with Crippen LogP contribution < -0.4 is 5.32 Å². The molecule has 0 aliphatic heterocycles. The summed E-state index contributed by atoms with van der Waals surface area (Å²) in [6, 6.07) is 18.1. The number of nitrogens with zero attached hydrogens (tertiary/aromatic N) is 2. The summed E-state index contributed by atoms with van der Waals surface area (Å²) in [7, 11) is 0. The van der Waals surface area contributed by atoms with Crippen molar-refractivity contribution >= 4 is 5.91 Å². The molecule has 0 unspecified atom stereocenters. The lowest BCUT2D eigenvalue weighted by Gasteiger charge is -2.11. The van der Waals surface area contributed by atoms with E-state index in [0.29, 0.717) is 25.3 Å². The zero-order valence-corrected chi connectivity index (χ0v) is 14.9. The van der Waals surface area contributed by atoms with Crippen LogP contribution in [0, 0.1) is 0 Å². The minimum absolute atomic E-state index is 0.121. The molecule has 3 aromatic rings. The highest BCUT2D eigenvalue weighted by molar-refractivity contribution is 5.93. The topological polar surface area (TPSA) is 56.2 Å². The fourth-order valence-electron chi connectivity index (χ4n) is 2.66. The van der Waals surface area contributed by atoms with Gasteiger partial charge in [0.05, 0.1) is 25.0 Å². The van der Waals surface area contributed by atoms with E-state index in [9.17, 15) is 4.79 Å². The van der Waals surface area contributed by atoms with Crippen LogP contribution in [0.25, 0.3) is 0 Å². The van der Waals surface area contributed by atoms with Gasteiger partial charge in [-0.25, -0.2) is 0 Å². The molecule has 1 heterocycles. The smallest absolute Gasteiger partial charge is 0.254 e. The molecule has 0 fully saturated rings. The van der Waals surface area contributed by atoms with Crippen molar-refractivity contribution in [1.29, 1.82) is 0 Å². The molecule has 1 amide bonds. The lowest BCUT2D eigenvalue weighted by atomic mass is 10.1. The molecule has 0 aliphatic rings. The summed E-state index contributed by atoms with van der Waals surface area (Å²) < 4.78 is 7.57. The molecule has 0 saturated carbocycles. The second-order valence-electron chi connectivity index (χ2n) is 6.01. The van der Waals surface area contributed by atoms with E-state index in [1.807, 2.05) is 61.5 Å². The fourth-order valence-corrected chi connectivity index (χ4v) is 2.66. The number of carbonyl (C=O) groups is 1. The number of ether oxygens (including phenoxy) is 1. The number of carbonyl (C=O) groups excluding carboxylic acids is 1. The third-order valence-electron chi connectivity index (χ3n) is 4.15. The number of aromatic nitrogens is 2. The van der Waals surface area contributed by atoms with Crippen molar-refractivity contribution < 1.29 is 9.53 Å². The van der Waals surface area contributed by atoms with Crippen LogP contribution in [-0.2, 0) is 31.0 Å². The van der Waals surface area contributed by atoms with Gasteiger partial charge < -0.3 is 10.1 Å². The van der Waals surface area contributed by atoms with Crippen molar-refractivity contribution in [2.45, 2.75) is 33.2 Å². The molecular formula is C21H23N3O2. The van der Waals surface area contributed by atoms with Crippen molar-refractivity contribution in [3.63, 3.8) is 0 Å². The first-order chi connectivity index (χ1) is 12.8. The van der Waals surface area contributed by atoms with Crippen LogP contribution in [0.4, 0.5) is 0 Å². The standard InChI is InChI=1S/C21H23N3O2/c1-2-24-14-20(13-23-24)21(25)22-12-18-10-6-7-11-19(18)16-26-15-17-8-4-3-5-9-17/h3-11,13-14H,2,12,15-16H2,1H3,(H,22,25). The van der Waals surface area contributed by atoms with Gasteiger partial charge in [-0.3, -0.25) is 9.48 Å². The zero-order chi connectivity index (χ0) is 18.2. The van der Waals surface area contributed by atoms with E-state index in [0.717, 1.165) is 23.2 Å². The molecule has 1 aromatic heterocycles. The van der Waals surface area contributed by atoms with Gasteiger partial charge in [-0.2, -0.15) is 5.10 Å². The fraction of sp³-hybridized carbons (Fsp3) is 0.238. The van der Waals surface area contributed by atoms with E-state index >= 15 is 0 Å². The Kier molecular flexibility index (Phi) is 6.17. The molecule has 5 nitrogen and oxygen atoms in total. The number of benzene rings is 2. The van der Waals surface area contributed by atoms with E-state index in [2.05, 4.69) is 10.4 Å². The van der Waals surface area contributed by atoms with Gasteiger partial charge in [-0.1, -0.05) is 54.6 Å². The lowest BCUT2D eigenvalue weighted by molar-refractivity contribution is 0.0947. The SMILES string of the molecule is CCn1cc(C(=O)NCc2ccccc2COCc2ccccc2)cn1. The van der Waals surface area contributed by atoms with Crippen molar-refractivity contribution in [3.05, 3.63) is 89.2 Å². The maximum atomic E-state index is 12.3. The van der Waals surface area contributed by atoms with Crippen LogP contribution >= 0.6 is 0 Å². The van der Waals surface area contributed by atoms with Crippen molar-refractivity contribution in [1.82, 2.24) is 15.1 Å². The second-order valence-corrected chi connectivity index (χ2v) is 6.01. The van der Waals surface area contributed by atoms with Gasteiger partial charge in [0.25, 0.3) is 5.91 Å². The minimum atomic E-state index is -0.121. The number of hydrogen-bond donors (Lipinski definition) is 1. The third-order valence-corrected chi connectivity index (χ3v) is 4.15. The Hall–Kier alpha value is -2.92. The first-order valence-electron chi connectivity index (χ1n) is 8.75. The highest BCUT2D eigenvalue weighted by Crippen LogP contribution is 2.12. The molecular weight excluding hydrogens is 326 g/mol. The summed E-state index contributed by atoms with van der Waals surface area (Å²) in [5.41, 5.74) is 3.85. The molecule has 2 aromatic carbocycles. The highest BCUT2D eigenvalue weighted by Gasteiger charge is 2.09. The number of amides is 1. The Morgan fingerprint density at radius 1 is 1.04 bits per heavy atom. The largest absolute Gasteiger partial charge is 0.372 e. The average molecular weight is 349 g/mol. The predicted octanol–water partition coefficient (Wildman–Crippen LogP) is 3.55. The number of hydrogen-bond acceptors (Lipinski definition) is 3. The van der Waals surface area contributed by atoms with Gasteiger partial charge in [-0.05, 0) is 23.6 Å². The van der Waals surface area contributed by atoms with E-state index in [1.54, 1.807) is 17.1 Å². The minimum Gasteiger partial charge on any atom is -0.372 e. The van der Waals surface area contributed by atoms with Gasteiger partial charge in [-0.15, -0.1) is 0 Å². The molecule has 134 valence electrons. The average Bonchev–Trinajstić information content (AvgIpc) is 3.17. The molecule has 0 saturated heterocycles. The normalized spacial score (nSPS) is 10.7. The maximum absolute atomic E-state index is 12.3. The van der Waals surface area contributed by atoms with Crippen LogP contribution in [0.15, 0.2) is 67.0 Å². The summed E-state index contributed by atoms with van der Waals surface area (Å²) in [6.07, 6.45) is 3.35. The van der Waals surface area contributed by atoms with E-state index in [1.165, 1.54) is 0 Å². The van der Waals surface area contributed by atoms with Gasteiger partial charge in [0.15, 0.2) is 0 Å². The van der Waals surface area contributed by atoms with Crippen LogP contribution in [0.3, 0.4) is 0 Å². The Morgan fingerprint density at radius 2 is 1.77 bits per heavy atom. The molecule has 5 heteroatoms.